The molecule has 0 aromatic heterocycles. The second-order valence-corrected chi connectivity index (χ2v) is 5.10. The van der Waals surface area contributed by atoms with Crippen molar-refractivity contribution in [3.05, 3.63) is 70.8 Å². The molecule has 4 N–H and O–H groups in total. The highest BCUT2D eigenvalue weighted by Gasteiger charge is 2.10. The Morgan fingerprint density at radius 3 is 2.57 bits per heavy atom. The molecule has 2 aromatic carbocycles. The van der Waals surface area contributed by atoms with Crippen molar-refractivity contribution in [2.45, 2.75) is 26.4 Å². The molecule has 110 valence electrons. The smallest absolute Gasteiger partial charge is 0.170 e. The summed E-state index contributed by atoms with van der Waals surface area (Å²) in [6.45, 7) is 4.90. The number of hydrogen-bond donors (Lipinski definition) is 3. The maximum atomic E-state index is 8.85. The van der Waals surface area contributed by atoms with Crippen LogP contribution in [0.15, 0.2) is 53.7 Å². The first-order valence-corrected chi connectivity index (χ1v) is 6.98. The molecule has 0 amide bonds. The molecule has 4 nitrogen and oxygen atoms in total. The van der Waals surface area contributed by atoms with Crippen LogP contribution in [0.2, 0.25) is 0 Å². The van der Waals surface area contributed by atoms with Crippen LogP contribution in [0.1, 0.15) is 35.2 Å². The fourth-order valence-corrected chi connectivity index (χ4v) is 2.42. The molecule has 0 unspecified atom stereocenters. The normalized spacial score (nSPS) is 13.1. The second kappa shape index (κ2) is 6.90. The third-order valence-corrected chi connectivity index (χ3v) is 3.65. The molecule has 0 aliphatic heterocycles. The lowest BCUT2D eigenvalue weighted by molar-refractivity contribution is 0.318. The number of hydrogen-bond acceptors (Lipinski definition) is 3. The van der Waals surface area contributed by atoms with Gasteiger partial charge in [0.05, 0.1) is 0 Å². The van der Waals surface area contributed by atoms with Crippen molar-refractivity contribution < 1.29 is 5.21 Å². The summed E-state index contributed by atoms with van der Waals surface area (Å²) >= 11 is 0. The van der Waals surface area contributed by atoms with Gasteiger partial charge in [-0.3, -0.25) is 0 Å². The predicted octanol–water partition coefficient (Wildman–Crippen LogP) is 2.94. The van der Waals surface area contributed by atoms with Crippen LogP contribution in [0.5, 0.6) is 0 Å². The van der Waals surface area contributed by atoms with Crippen molar-refractivity contribution in [2.75, 3.05) is 0 Å². The number of oxime groups is 1. The number of aryl methyl sites for hydroxylation is 1. The average Bonchev–Trinajstić information content (AvgIpc) is 2.52. The number of nitrogens with two attached hydrogens (primary N) is 1. The van der Waals surface area contributed by atoms with Gasteiger partial charge in [-0.2, -0.15) is 0 Å². The first-order valence-electron chi connectivity index (χ1n) is 6.98. The van der Waals surface area contributed by atoms with Crippen molar-refractivity contribution in [3.63, 3.8) is 0 Å². The maximum Gasteiger partial charge on any atom is 0.170 e. The lowest BCUT2D eigenvalue weighted by Crippen LogP contribution is -2.22. The average molecular weight is 283 g/mol. The molecule has 0 radical (unpaired) electrons. The highest BCUT2D eigenvalue weighted by atomic mass is 16.4. The zero-order valence-electron chi connectivity index (χ0n) is 12.4. The number of nitrogens with one attached hydrogen (secondary N) is 1. The van der Waals surface area contributed by atoms with Gasteiger partial charge in [-0.15, -0.1) is 0 Å². The summed E-state index contributed by atoms with van der Waals surface area (Å²) in [5, 5.41) is 15.4. The molecule has 1 atom stereocenters. The number of nitrogens with zero attached hydrogens (tertiary/aromatic N) is 1. The van der Waals surface area contributed by atoms with Crippen LogP contribution in [-0.4, -0.2) is 11.0 Å². The third-order valence-electron chi connectivity index (χ3n) is 3.65. The zero-order valence-corrected chi connectivity index (χ0v) is 12.4. The van der Waals surface area contributed by atoms with E-state index in [0.29, 0.717) is 6.54 Å². The van der Waals surface area contributed by atoms with Crippen LogP contribution in [-0.2, 0) is 6.54 Å². The van der Waals surface area contributed by atoms with Crippen molar-refractivity contribution in [1.29, 1.82) is 0 Å². The van der Waals surface area contributed by atoms with E-state index in [1.807, 2.05) is 36.4 Å². The van der Waals surface area contributed by atoms with Gasteiger partial charge in [-0.1, -0.05) is 53.7 Å². The van der Waals surface area contributed by atoms with Crippen molar-refractivity contribution in [3.8, 4) is 0 Å². The Morgan fingerprint density at radius 2 is 1.86 bits per heavy atom. The van der Waals surface area contributed by atoms with Gasteiger partial charge in [-0.05, 0) is 30.5 Å². The lowest BCUT2D eigenvalue weighted by atomic mass is 10.0. The number of rotatable bonds is 5. The van der Waals surface area contributed by atoms with Crippen LogP contribution in [0, 0.1) is 6.92 Å². The second-order valence-electron chi connectivity index (χ2n) is 5.10. The van der Waals surface area contributed by atoms with E-state index in [4.69, 9.17) is 10.9 Å². The van der Waals surface area contributed by atoms with Crippen LogP contribution in [0.25, 0.3) is 0 Å². The van der Waals surface area contributed by atoms with E-state index in [1.54, 1.807) is 0 Å². The summed E-state index contributed by atoms with van der Waals surface area (Å²) in [5.41, 5.74) is 10.0. The monoisotopic (exact) mass is 283 g/mol. The molecular formula is C17H21N3O. The van der Waals surface area contributed by atoms with Crippen molar-refractivity contribution in [2.24, 2.45) is 10.9 Å². The van der Waals surface area contributed by atoms with Gasteiger partial charge < -0.3 is 16.3 Å². The van der Waals surface area contributed by atoms with E-state index in [-0.39, 0.29) is 11.9 Å². The Labute approximate surface area is 125 Å². The van der Waals surface area contributed by atoms with Gasteiger partial charge in [0.1, 0.15) is 0 Å². The minimum atomic E-state index is 0.135. The summed E-state index contributed by atoms with van der Waals surface area (Å²) in [6, 6.07) is 16.2. The molecule has 0 spiro atoms. The van der Waals surface area contributed by atoms with E-state index in [0.717, 1.165) is 11.1 Å². The van der Waals surface area contributed by atoms with Crippen LogP contribution < -0.4 is 11.1 Å². The van der Waals surface area contributed by atoms with Crippen molar-refractivity contribution >= 4 is 5.84 Å². The van der Waals surface area contributed by atoms with E-state index >= 15 is 0 Å². The molecular weight excluding hydrogens is 262 g/mol. The highest BCUT2D eigenvalue weighted by molar-refractivity contribution is 5.98. The van der Waals surface area contributed by atoms with Gasteiger partial charge in [-0.25, -0.2) is 0 Å². The quantitative estimate of drug-likeness (QED) is 0.342. The molecule has 0 bridgehead atoms. The largest absolute Gasteiger partial charge is 0.409 e. The summed E-state index contributed by atoms with van der Waals surface area (Å²) in [4.78, 5) is 0. The Bertz CT molecular complexity index is 637. The van der Waals surface area contributed by atoms with Gasteiger partial charge in [0.2, 0.25) is 0 Å². The highest BCUT2D eigenvalue weighted by Crippen LogP contribution is 2.18. The van der Waals surface area contributed by atoms with E-state index in [2.05, 4.69) is 36.5 Å². The Morgan fingerprint density at radius 1 is 1.19 bits per heavy atom. The van der Waals surface area contributed by atoms with Gasteiger partial charge in [0.15, 0.2) is 5.84 Å². The summed E-state index contributed by atoms with van der Waals surface area (Å²) in [5.74, 6) is 0.135. The van der Waals surface area contributed by atoms with Crippen molar-refractivity contribution in [1.82, 2.24) is 5.32 Å². The molecule has 2 aromatic rings. The Balaban J connectivity index is 2.12. The Hall–Kier alpha value is -2.33. The van der Waals surface area contributed by atoms with Crippen LogP contribution >= 0.6 is 0 Å². The summed E-state index contributed by atoms with van der Waals surface area (Å²) < 4.78 is 0. The molecule has 0 saturated carbocycles. The molecule has 0 heterocycles. The first-order chi connectivity index (χ1) is 10.1. The molecule has 0 saturated heterocycles. The van der Waals surface area contributed by atoms with Crippen LogP contribution in [0.4, 0.5) is 0 Å². The van der Waals surface area contributed by atoms with Crippen LogP contribution in [0.3, 0.4) is 0 Å². The molecule has 0 fully saturated rings. The van der Waals surface area contributed by atoms with E-state index in [9.17, 15) is 0 Å². The predicted molar refractivity (Wildman–Crippen MR) is 85.4 cm³/mol. The SMILES string of the molecule is Cc1ccccc1[C@H](C)NCc1ccccc1/C(N)=N/O. The first kappa shape index (κ1) is 15.1. The van der Waals surface area contributed by atoms with E-state index < -0.39 is 0 Å². The third kappa shape index (κ3) is 3.61. The standard InChI is InChI=1S/C17H21N3O/c1-12-7-3-5-9-15(12)13(2)19-11-14-8-4-6-10-16(14)17(18)20-21/h3-10,13,19,21H,11H2,1-2H3,(H2,18,20)/t13-/m0/s1. The van der Waals surface area contributed by atoms with E-state index in [1.165, 1.54) is 11.1 Å². The van der Waals surface area contributed by atoms with Gasteiger partial charge in [0, 0.05) is 18.2 Å². The minimum Gasteiger partial charge on any atom is -0.409 e. The van der Waals surface area contributed by atoms with Gasteiger partial charge >= 0.3 is 0 Å². The summed E-state index contributed by atoms with van der Waals surface area (Å²) in [7, 11) is 0. The maximum absolute atomic E-state index is 8.85. The fourth-order valence-electron chi connectivity index (χ4n) is 2.42. The zero-order chi connectivity index (χ0) is 15.2. The molecule has 0 aliphatic rings. The topological polar surface area (TPSA) is 70.6 Å². The number of amidine groups is 1. The van der Waals surface area contributed by atoms with Gasteiger partial charge in [0.25, 0.3) is 0 Å². The number of benzene rings is 2. The molecule has 4 heteroatoms. The lowest BCUT2D eigenvalue weighted by Gasteiger charge is -2.17. The Kier molecular flexibility index (Phi) is 4.95. The molecule has 2 rings (SSSR count). The molecule has 0 aliphatic carbocycles. The summed E-state index contributed by atoms with van der Waals surface area (Å²) in [6.07, 6.45) is 0. The minimum absolute atomic E-state index is 0.135. The fraction of sp³-hybridized carbons (Fsp3) is 0.235. The molecule has 21 heavy (non-hydrogen) atoms.